The third-order valence-corrected chi connectivity index (χ3v) is 4.35. The lowest BCUT2D eigenvalue weighted by Crippen LogP contribution is -2.45. The fourth-order valence-electron chi connectivity index (χ4n) is 2.98. The highest BCUT2D eigenvalue weighted by atomic mass is 16.2. The topological polar surface area (TPSA) is 93.5 Å². The molecule has 132 valence electrons. The number of nitrogens with one attached hydrogen (secondary N) is 1. The number of hydrogen-bond acceptors (Lipinski definition) is 4. The number of rotatable bonds is 7. The SMILES string of the molecule is CCCC1(c2ccccc2)NC(=O)N(CC(=O)N(C)CCC#N)C1=O. The molecular formula is C18H22N4O3. The molecule has 0 aromatic heterocycles. The van der Waals surface area contributed by atoms with Crippen LogP contribution in [0.25, 0.3) is 0 Å². The summed E-state index contributed by atoms with van der Waals surface area (Å²) >= 11 is 0. The van der Waals surface area contributed by atoms with Crippen molar-refractivity contribution in [2.24, 2.45) is 0 Å². The number of amides is 4. The molecule has 1 aliphatic heterocycles. The molecule has 1 heterocycles. The number of nitrogens with zero attached hydrogens (tertiary/aromatic N) is 3. The Morgan fingerprint density at radius 1 is 1.32 bits per heavy atom. The predicted molar refractivity (Wildman–Crippen MR) is 91.1 cm³/mol. The number of imide groups is 1. The lowest BCUT2D eigenvalue weighted by molar-refractivity contribution is -0.138. The summed E-state index contributed by atoms with van der Waals surface area (Å²) in [6.45, 7) is 1.87. The van der Waals surface area contributed by atoms with Crippen molar-refractivity contribution in [1.29, 1.82) is 5.26 Å². The van der Waals surface area contributed by atoms with Crippen LogP contribution in [0, 0.1) is 11.3 Å². The number of benzene rings is 1. The summed E-state index contributed by atoms with van der Waals surface area (Å²) < 4.78 is 0. The van der Waals surface area contributed by atoms with Crippen molar-refractivity contribution in [3.05, 3.63) is 35.9 Å². The third-order valence-electron chi connectivity index (χ3n) is 4.35. The quantitative estimate of drug-likeness (QED) is 0.762. The number of carbonyl (C=O) groups is 3. The number of likely N-dealkylation sites (N-methyl/N-ethyl adjacent to an activating group) is 1. The lowest BCUT2D eigenvalue weighted by atomic mass is 9.85. The minimum Gasteiger partial charge on any atom is -0.343 e. The van der Waals surface area contributed by atoms with Gasteiger partial charge in [0.05, 0.1) is 12.5 Å². The summed E-state index contributed by atoms with van der Waals surface area (Å²) in [5.74, 6) is -0.785. The summed E-state index contributed by atoms with van der Waals surface area (Å²) in [6, 6.07) is 10.5. The highest BCUT2D eigenvalue weighted by molar-refractivity contribution is 6.09. The summed E-state index contributed by atoms with van der Waals surface area (Å²) in [7, 11) is 1.55. The van der Waals surface area contributed by atoms with Crippen LogP contribution in [-0.2, 0) is 15.1 Å². The first-order valence-electron chi connectivity index (χ1n) is 8.26. The van der Waals surface area contributed by atoms with Gasteiger partial charge in [-0.1, -0.05) is 43.7 Å². The molecule has 25 heavy (non-hydrogen) atoms. The molecule has 4 amide bonds. The van der Waals surface area contributed by atoms with E-state index in [1.165, 1.54) is 4.90 Å². The fraction of sp³-hybridized carbons (Fsp3) is 0.444. The fourth-order valence-corrected chi connectivity index (χ4v) is 2.98. The molecule has 0 radical (unpaired) electrons. The van der Waals surface area contributed by atoms with Crippen LogP contribution in [0.3, 0.4) is 0 Å². The molecule has 1 aromatic rings. The second-order valence-corrected chi connectivity index (χ2v) is 6.07. The van der Waals surface area contributed by atoms with E-state index in [0.717, 1.165) is 4.90 Å². The van der Waals surface area contributed by atoms with Crippen molar-refractivity contribution in [1.82, 2.24) is 15.1 Å². The minimum atomic E-state index is -1.13. The Balaban J connectivity index is 2.23. The van der Waals surface area contributed by atoms with Gasteiger partial charge in [-0.15, -0.1) is 0 Å². The molecule has 0 saturated carbocycles. The first kappa shape index (κ1) is 18.5. The second-order valence-electron chi connectivity index (χ2n) is 6.07. The zero-order valence-electron chi connectivity index (χ0n) is 14.5. The molecular weight excluding hydrogens is 320 g/mol. The lowest BCUT2D eigenvalue weighted by Gasteiger charge is -2.27. The van der Waals surface area contributed by atoms with Crippen molar-refractivity contribution in [3.63, 3.8) is 0 Å². The molecule has 0 spiro atoms. The summed E-state index contributed by atoms with van der Waals surface area (Å²) in [5.41, 5.74) is -0.415. The zero-order chi connectivity index (χ0) is 18.4. The maximum Gasteiger partial charge on any atom is 0.325 e. The Morgan fingerprint density at radius 2 is 2.00 bits per heavy atom. The summed E-state index contributed by atoms with van der Waals surface area (Å²) in [6.07, 6.45) is 1.35. The van der Waals surface area contributed by atoms with Gasteiger partial charge in [-0.25, -0.2) is 4.79 Å². The van der Waals surface area contributed by atoms with Gasteiger partial charge < -0.3 is 10.2 Å². The monoisotopic (exact) mass is 342 g/mol. The normalized spacial score (nSPS) is 19.5. The highest BCUT2D eigenvalue weighted by Crippen LogP contribution is 2.33. The Bertz CT molecular complexity index is 698. The summed E-state index contributed by atoms with van der Waals surface area (Å²) in [5, 5.41) is 11.4. The van der Waals surface area contributed by atoms with E-state index in [0.29, 0.717) is 18.4 Å². The van der Waals surface area contributed by atoms with Gasteiger partial charge in [0.2, 0.25) is 5.91 Å². The van der Waals surface area contributed by atoms with Crippen LogP contribution in [0.15, 0.2) is 30.3 Å². The van der Waals surface area contributed by atoms with E-state index in [9.17, 15) is 14.4 Å². The van der Waals surface area contributed by atoms with E-state index in [1.54, 1.807) is 19.2 Å². The van der Waals surface area contributed by atoms with Crippen LogP contribution in [0.4, 0.5) is 4.79 Å². The van der Waals surface area contributed by atoms with Crippen LogP contribution in [-0.4, -0.2) is 47.8 Å². The van der Waals surface area contributed by atoms with E-state index in [4.69, 9.17) is 5.26 Å². The van der Waals surface area contributed by atoms with Gasteiger partial charge in [0, 0.05) is 13.6 Å². The Morgan fingerprint density at radius 3 is 2.60 bits per heavy atom. The Kier molecular flexibility index (Phi) is 5.75. The van der Waals surface area contributed by atoms with Crippen molar-refractivity contribution in [2.75, 3.05) is 20.1 Å². The number of nitriles is 1. The molecule has 1 unspecified atom stereocenters. The van der Waals surface area contributed by atoms with Crippen LogP contribution in [0.1, 0.15) is 31.7 Å². The average Bonchev–Trinajstić information content (AvgIpc) is 2.85. The molecule has 0 aliphatic carbocycles. The van der Waals surface area contributed by atoms with Gasteiger partial charge in [0.15, 0.2) is 0 Å². The average molecular weight is 342 g/mol. The van der Waals surface area contributed by atoms with Crippen molar-refractivity contribution in [3.8, 4) is 6.07 Å². The van der Waals surface area contributed by atoms with Gasteiger partial charge in [-0.05, 0) is 12.0 Å². The van der Waals surface area contributed by atoms with Crippen molar-refractivity contribution in [2.45, 2.75) is 31.7 Å². The molecule has 1 aromatic carbocycles. The van der Waals surface area contributed by atoms with E-state index in [2.05, 4.69) is 5.32 Å². The zero-order valence-corrected chi connectivity index (χ0v) is 14.5. The Hall–Kier alpha value is -2.88. The van der Waals surface area contributed by atoms with Crippen LogP contribution >= 0.6 is 0 Å². The van der Waals surface area contributed by atoms with Crippen LogP contribution in [0.5, 0.6) is 0 Å². The molecule has 2 rings (SSSR count). The molecule has 0 bridgehead atoms. The Labute approximate surface area is 147 Å². The molecule has 1 saturated heterocycles. The first-order valence-corrected chi connectivity index (χ1v) is 8.26. The third kappa shape index (κ3) is 3.63. The smallest absolute Gasteiger partial charge is 0.325 e. The molecule has 1 atom stereocenters. The van der Waals surface area contributed by atoms with Gasteiger partial charge in [0.25, 0.3) is 5.91 Å². The van der Waals surface area contributed by atoms with Crippen LogP contribution in [0.2, 0.25) is 0 Å². The van der Waals surface area contributed by atoms with Gasteiger partial charge in [-0.3, -0.25) is 14.5 Å². The van der Waals surface area contributed by atoms with Gasteiger partial charge >= 0.3 is 6.03 Å². The molecule has 1 aliphatic rings. The first-order chi connectivity index (χ1) is 12.0. The number of urea groups is 1. The number of carbonyl (C=O) groups excluding carboxylic acids is 3. The predicted octanol–water partition coefficient (Wildman–Crippen LogP) is 1.61. The van der Waals surface area contributed by atoms with E-state index in [1.807, 2.05) is 31.2 Å². The number of hydrogen-bond donors (Lipinski definition) is 1. The molecule has 7 nitrogen and oxygen atoms in total. The standard InChI is InChI=1S/C18H22N4O3/c1-3-10-18(14-8-5-4-6-9-14)16(24)22(17(25)20-18)13-15(23)21(2)12-7-11-19/h4-6,8-9H,3,7,10,12-13H2,1-2H3,(H,20,25). The van der Waals surface area contributed by atoms with Crippen LogP contribution < -0.4 is 5.32 Å². The maximum atomic E-state index is 13.0. The minimum absolute atomic E-state index is 0.201. The summed E-state index contributed by atoms with van der Waals surface area (Å²) in [4.78, 5) is 40.0. The maximum absolute atomic E-state index is 13.0. The van der Waals surface area contributed by atoms with Gasteiger partial charge in [0.1, 0.15) is 12.1 Å². The molecule has 1 N–H and O–H groups in total. The van der Waals surface area contributed by atoms with Crippen molar-refractivity contribution < 1.29 is 14.4 Å². The van der Waals surface area contributed by atoms with E-state index >= 15 is 0 Å². The van der Waals surface area contributed by atoms with E-state index in [-0.39, 0.29) is 25.4 Å². The molecule has 7 heteroatoms. The van der Waals surface area contributed by atoms with E-state index < -0.39 is 17.5 Å². The largest absolute Gasteiger partial charge is 0.343 e. The highest BCUT2D eigenvalue weighted by Gasteiger charge is 2.52. The molecule has 1 fully saturated rings. The van der Waals surface area contributed by atoms with Crippen molar-refractivity contribution >= 4 is 17.8 Å². The second kappa shape index (κ2) is 7.79. The van der Waals surface area contributed by atoms with Gasteiger partial charge in [-0.2, -0.15) is 5.26 Å².